The van der Waals surface area contributed by atoms with Crippen molar-refractivity contribution in [3.63, 3.8) is 0 Å². The first kappa shape index (κ1) is 18.5. The third-order valence-electron chi connectivity index (χ3n) is 3.78. The second-order valence-electron chi connectivity index (χ2n) is 5.45. The van der Waals surface area contributed by atoms with Crippen LogP contribution in [0.5, 0.6) is 5.88 Å². The zero-order chi connectivity index (χ0) is 18.6. The number of aromatic nitrogens is 2. The summed E-state index contributed by atoms with van der Waals surface area (Å²) in [6.45, 7) is 4.07. The van der Waals surface area contributed by atoms with Crippen LogP contribution >= 0.6 is 7.60 Å². The molecule has 0 unspecified atom stereocenters. The van der Waals surface area contributed by atoms with Gasteiger partial charge in [0, 0.05) is 11.6 Å². The minimum absolute atomic E-state index is 0.256. The predicted octanol–water partition coefficient (Wildman–Crippen LogP) is 4.20. The maximum Gasteiger partial charge on any atom is 0.363 e. The number of ether oxygens (including phenoxy) is 1. The summed E-state index contributed by atoms with van der Waals surface area (Å²) in [6, 6.07) is 14.9. The fraction of sp³-hybridized carbons (Fsp3) is 0.263. The second-order valence-corrected chi connectivity index (χ2v) is 7.44. The Balaban J connectivity index is 2.30. The topological polar surface area (TPSA) is 70.5 Å². The molecule has 1 aromatic carbocycles. The van der Waals surface area contributed by atoms with Crippen LogP contribution in [-0.2, 0) is 13.6 Å². The summed E-state index contributed by atoms with van der Waals surface area (Å²) in [7, 11) is -2.02. The number of benzene rings is 1. The standard InChI is InChI=1S/C19H21N2O4P/c1-4-24-26(22,25-5-2)17-13-16(14-9-7-6-8-10-14)20-15-11-12-18(23-3)21-19(15)17/h6-13H,4-5H2,1-3H3. The first-order valence-electron chi connectivity index (χ1n) is 8.42. The Kier molecular flexibility index (Phi) is 5.67. The lowest BCUT2D eigenvalue weighted by atomic mass is 10.1. The Bertz CT molecular complexity index is 937. The molecule has 3 rings (SSSR count). The van der Waals surface area contributed by atoms with Crippen LogP contribution in [0.1, 0.15) is 13.8 Å². The van der Waals surface area contributed by atoms with Crippen molar-refractivity contribution in [2.24, 2.45) is 0 Å². The van der Waals surface area contributed by atoms with Crippen molar-refractivity contribution in [1.82, 2.24) is 9.97 Å². The number of pyridine rings is 2. The first-order valence-corrected chi connectivity index (χ1v) is 9.96. The molecule has 0 radical (unpaired) electrons. The van der Waals surface area contributed by atoms with Gasteiger partial charge in [-0.1, -0.05) is 30.3 Å². The van der Waals surface area contributed by atoms with Crippen LogP contribution in [0.4, 0.5) is 0 Å². The summed E-state index contributed by atoms with van der Waals surface area (Å²) in [4.78, 5) is 9.11. The molecule has 0 saturated carbocycles. The van der Waals surface area contributed by atoms with Crippen LogP contribution in [-0.4, -0.2) is 30.3 Å². The number of hydrogen-bond donors (Lipinski definition) is 0. The van der Waals surface area contributed by atoms with Crippen LogP contribution in [0.3, 0.4) is 0 Å². The fourth-order valence-electron chi connectivity index (χ4n) is 2.67. The molecule has 2 heterocycles. The van der Waals surface area contributed by atoms with E-state index in [1.54, 1.807) is 32.0 Å². The lowest BCUT2D eigenvalue weighted by molar-refractivity contribution is 0.230. The van der Waals surface area contributed by atoms with Gasteiger partial charge in [0.25, 0.3) is 0 Å². The predicted molar refractivity (Wildman–Crippen MR) is 102 cm³/mol. The molecule has 6 nitrogen and oxygen atoms in total. The largest absolute Gasteiger partial charge is 0.481 e. The minimum atomic E-state index is -3.55. The van der Waals surface area contributed by atoms with E-state index >= 15 is 0 Å². The van der Waals surface area contributed by atoms with E-state index < -0.39 is 7.60 Å². The van der Waals surface area contributed by atoms with E-state index in [-0.39, 0.29) is 13.2 Å². The molecule has 0 atom stereocenters. The van der Waals surface area contributed by atoms with E-state index in [2.05, 4.69) is 9.97 Å². The van der Waals surface area contributed by atoms with E-state index in [9.17, 15) is 4.57 Å². The highest BCUT2D eigenvalue weighted by atomic mass is 31.2. The highest BCUT2D eigenvalue weighted by Crippen LogP contribution is 2.48. The zero-order valence-electron chi connectivity index (χ0n) is 15.0. The molecule has 2 aromatic heterocycles. The van der Waals surface area contributed by atoms with Crippen molar-refractivity contribution in [2.75, 3.05) is 20.3 Å². The Labute approximate surface area is 152 Å². The summed E-state index contributed by atoms with van der Waals surface area (Å²) in [6.07, 6.45) is 0. The molecule has 0 saturated heterocycles. The maximum absolute atomic E-state index is 13.5. The molecule has 0 aliphatic carbocycles. The normalized spacial score (nSPS) is 11.7. The fourth-order valence-corrected chi connectivity index (χ4v) is 4.40. The van der Waals surface area contributed by atoms with Gasteiger partial charge in [0.2, 0.25) is 5.88 Å². The second kappa shape index (κ2) is 7.96. The van der Waals surface area contributed by atoms with Crippen molar-refractivity contribution in [2.45, 2.75) is 13.8 Å². The molecular formula is C19H21N2O4P. The van der Waals surface area contributed by atoms with E-state index in [4.69, 9.17) is 13.8 Å². The van der Waals surface area contributed by atoms with E-state index in [0.717, 1.165) is 5.56 Å². The van der Waals surface area contributed by atoms with E-state index in [1.165, 1.54) is 7.11 Å². The summed E-state index contributed by atoms with van der Waals surface area (Å²) >= 11 is 0. The minimum Gasteiger partial charge on any atom is -0.481 e. The first-order chi connectivity index (χ1) is 12.6. The van der Waals surface area contributed by atoms with Gasteiger partial charge in [0.1, 0.15) is 5.52 Å². The van der Waals surface area contributed by atoms with Gasteiger partial charge in [-0.15, -0.1) is 0 Å². The average molecular weight is 372 g/mol. The molecule has 136 valence electrons. The molecule has 7 heteroatoms. The van der Waals surface area contributed by atoms with Crippen molar-refractivity contribution in [3.8, 4) is 17.1 Å². The highest BCUT2D eigenvalue weighted by Gasteiger charge is 2.31. The molecule has 0 amide bonds. The summed E-state index contributed by atoms with van der Waals surface area (Å²) in [5.41, 5.74) is 2.64. The smallest absolute Gasteiger partial charge is 0.363 e. The summed E-state index contributed by atoms with van der Waals surface area (Å²) in [5.74, 6) is 0.410. The Morgan fingerprint density at radius 2 is 1.65 bits per heavy atom. The lowest BCUT2D eigenvalue weighted by Crippen LogP contribution is -2.14. The third-order valence-corrected chi connectivity index (χ3v) is 5.90. The quantitative estimate of drug-likeness (QED) is 0.579. The van der Waals surface area contributed by atoms with Crippen molar-refractivity contribution < 1.29 is 18.3 Å². The number of hydrogen-bond acceptors (Lipinski definition) is 6. The van der Waals surface area contributed by atoms with Crippen LogP contribution in [0.15, 0.2) is 48.5 Å². The molecular weight excluding hydrogens is 351 g/mol. The van der Waals surface area contributed by atoms with Gasteiger partial charge in [-0.2, -0.15) is 0 Å². The van der Waals surface area contributed by atoms with Crippen molar-refractivity contribution in [1.29, 1.82) is 0 Å². The number of methoxy groups -OCH3 is 1. The monoisotopic (exact) mass is 372 g/mol. The molecule has 0 aliphatic rings. The van der Waals surface area contributed by atoms with E-state index in [0.29, 0.717) is 27.9 Å². The molecule has 0 aliphatic heterocycles. The van der Waals surface area contributed by atoms with Crippen molar-refractivity contribution in [3.05, 3.63) is 48.5 Å². The molecule has 0 spiro atoms. The van der Waals surface area contributed by atoms with E-state index in [1.807, 2.05) is 30.3 Å². The van der Waals surface area contributed by atoms with Gasteiger partial charge in [-0.05, 0) is 26.0 Å². The van der Waals surface area contributed by atoms with Crippen LogP contribution in [0.25, 0.3) is 22.3 Å². The Morgan fingerprint density at radius 3 is 2.27 bits per heavy atom. The maximum atomic E-state index is 13.5. The van der Waals surface area contributed by atoms with Crippen molar-refractivity contribution >= 4 is 23.9 Å². The SMILES string of the molecule is CCOP(=O)(OCC)c1cc(-c2ccccc2)nc2ccc(OC)nc12. The molecule has 3 aromatic rings. The van der Waals surface area contributed by atoms with Gasteiger partial charge in [-0.25, -0.2) is 9.97 Å². The number of fused-ring (bicyclic) bond motifs is 1. The van der Waals surface area contributed by atoms with Gasteiger partial charge in [-0.3, -0.25) is 4.57 Å². The number of nitrogens with zero attached hydrogens (tertiary/aromatic N) is 2. The summed E-state index contributed by atoms with van der Waals surface area (Å²) in [5, 5.41) is 0.393. The van der Waals surface area contributed by atoms with Gasteiger partial charge in [0.15, 0.2) is 0 Å². The molecule has 0 bridgehead atoms. The summed E-state index contributed by atoms with van der Waals surface area (Å²) < 4.78 is 29.8. The Morgan fingerprint density at radius 1 is 0.962 bits per heavy atom. The third kappa shape index (κ3) is 3.63. The molecule has 0 fully saturated rings. The Hall–Kier alpha value is -2.27. The molecule has 26 heavy (non-hydrogen) atoms. The molecule has 0 N–H and O–H groups in total. The lowest BCUT2D eigenvalue weighted by Gasteiger charge is -2.19. The zero-order valence-corrected chi connectivity index (χ0v) is 15.9. The highest BCUT2D eigenvalue weighted by molar-refractivity contribution is 7.62. The number of rotatable bonds is 7. The van der Waals surface area contributed by atoms with Gasteiger partial charge < -0.3 is 13.8 Å². The average Bonchev–Trinajstić information content (AvgIpc) is 2.67. The van der Waals surface area contributed by atoms with Gasteiger partial charge in [0.05, 0.1) is 36.8 Å². The van der Waals surface area contributed by atoms with Gasteiger partial charge >= 0.3 is 7.60 Å². The van der Waals surface area contributed by atoms with Crippen LogP contribution < -0.4 is 10.0 Å². The van der Waals surface area contributed by atoms with Crippen LogP contribution in [0.2, 0.25) is 0 Å². The van der Waals surface area contributed by atoms with Crippen LogP contribution in [0, 0.1) is 0 Å².